The number of carbonyl (C=O) groups is 2. The zero-order valence-corrected chi connectivity index (χ0v) is 14.8. The van der Waals surface area contributed by atoms with E-state index in [0.717, 1.165) is 0 Å². The van der Waals surface area contributed by atoms with Crippen LogP contribution in [0, 0.1) is 0 Å². The number of rotatable bonds is 1. The first-order chi connectivity index (χ1) is 12.4. The third-order valence-corrected chi connectivity index (χ3v) is 4.89. The molecule has 2 aliphatic heterocycles. The smallest absolute Gasteiger partial charge is 0.337 e. The fourth-order valence-corrected chi connectivity index (χ4v) is 3.80. The molecular weight excluding hydrogens is 338 g/mol. The van der Waals surface area contributed by atoms with E-state index < -0.39 is 17.1 Å². The third-order valence-electron chi connectivity index (χ3n) is 4.89. The summed E-state index contributed by atoms with van der Waals surface area (Å²) in [6.45, 7) is 4.42. The first-order valence-electron chi connectivity index (χ1n) is 8.33. The van der Waals surface area contributed by atoms with Gasteiger partial charge in [-0.1, -0.05) is 0 Å². The van der Waals surface area contributed by atoms with Crippen molar-refractivity contribution in [2.75, 3.05) is 13.7 Å². The number of hydrogen-bond acceptors (Lipinski definition) is 7. The van der Waals surface area contributed by atoms with Crippen LogP contribution in [-0.2, 0) is 15.0 Å². The monoisotopic (exact) mass is 357 g/mol. The molecule has 9 heteroatoms. The summed E-state index contributed by atoms with van der Waals surface area (Å²) in [4.78, 5) is 24.8. The minimum absolute atomic E-state index is 0.249. The predicted octanol–water partition coefficient (Wildman–Crippen LogP) is 0.977. The molecule has 0 saturated carbocycles. The summed E-state index contributed by atoms with van der Waals surface area (Å²) in [5.74, 6) is -0.210. The van der Waals surface area contributed by atoms with Gasteiger partial charge in [-0.15, -0.1) is 5.10 Å². The predicted molar refractivity (Wildman–Crippen MR) is 88.9 cm³/mol. The molecule has 1 saturated heterocycles. The molecule has 1 aromatic heterocycles. The summed E-state index contributed by atoms with van der Waals surface area (Å²) in [5, 5.41) is 15.2. The molecule has 1 amide bonds. The molecule has 2 aliphatic rings. The molecule has 1 atom stereocenters. The number of carbonyl (C=O) groups excluding carboxylic acids is 2. The van der Waals surface area contributed by atoms with Crippen LogP contribution in [0.3, 0.4) is 0 Å². The van der Waals surface area contributed by atoms with Crippen molar-refractivity contribution in [3.05, 3.63) is 35.2 Å². The summed E-state index contributed by atoms with van der Waals surface area (Å²) in [6, 6.07) is 4.72. The second-order valence-electron chi connectivity index (χ2n) is 7.21. The number of fused-ring (bicyclic) bond motifs is 4. The maximum atomic E-state index is 12.9. The summed E-state index contributed by atoms with van der Waals surface area (Å²) < 4.78 is 12.1. The van der Waals surface area contributed by atoms with Gasteiger partial charge >= 0.3 is 5.97 Å². The van der Waals surface area contributed by atoms with Crippen LogP contribution in [-0.4, -0.2) is 51.4 Å². The lowest BCUT2D eigenvalue weighted by Crippen LogP contribution is -2.54. The Hall–Kier alpha value is -2.81. The lowest BCUT2D eigenvalue weighted by Gasteiger charge is -2.43. The van der Waals surface area contributed by atoms with Gasteiger partial charge in [0.2, 0.25) is 0 Å². The normalized spacial score (nSPS) is 23.6. The van der Waals surface area contributed by atoms with Crippen LogP contribution in [0.25, 0.3) is 5.69 Å². The van der Waals surface area contributed by atoms with E-state index in [1.54, 1.807) is 18.2 Å². The molecule has 2 aromatic rings. The highest BCUT2D eigenvalue weighted by Crippen LogP contribution is 2.41. The summed E-state index contributed by atoms with van der Waals surface area (Å²) in [7, 11) is 1.31. The van der Waals surface area contributed by atoms with Crippen molar-refractivity contribution in [3.8, 4) is 5.69 Å². The SMILES string of the molecule is COC(=O)c1ccc2c(c1)-n1nnnc1[C@@]1(CCOC(C)(C)C1)NC2=O. The largest absolute Gasteiger partial charge is 0.465 e. The number of ether oxygens (including phenoxy) is 2. The summed E-state index contributed by atoms with van der Waals surface area (Å²) in [6.07, 6.45) is 1.09. The van der Waals surface area contributed by atoms with Crippen molar-refractivity contribution < 1.29 is 19.1 Å². The Morgan fingerprint density at radius 1 is 1.38 bits per heavy atom. The van der Waals surface area contributed by atoms with Crippen LogP contribution in [0.1, 0.15) is 53.2 Å². The van der Waals surface area contributed by atoms with E-state index >= 15 is 0 Å². The number of methoxy groups -OCH3 is 1. The van der Waals surface area contributed by atoms with Gasteiger partial charge in [0.15, 0.2) is 5.82 Å². The Morgan fingerprint density at radius 3 is 2.92 bits per heavy atom. The highest BCUT2D eigenvalue weighted by Gasteiger charge is 2.49. The lowest BCUT2D eigenvalue weighted by atomic mass is 9.80. The number of nitrogens with zero attached hydrogens (tertiary/aromatic N) is 4. The van der Waals surface area contributed by atoms with E-state index in [1.807, 2.05) is 13.8 Å². The Labute approximate surface area is 149 Å². The second kappa shape index (κ2) is 5.60. The highest BCUT2D eigenvalue weighted by atomic mass is 16.5. The van der Waals surface area contributed by atoms with E-state index in [0.29, 0.717) is 42.1 Å². The maximum Gasteiger partial charge on any atom is 0.337 e. The van der Waals surface area contributed by atoms with Gasteiger partial charge in [0.05, 0.1) is 29.5 Å². The zero-order chi connectivity index (χ0) is 18.5. The highest BCUT2D eigenvalue weighted by molar-refractivity contribution is 6.00. The fourth-order valence-electron chi connectivity index (χ4n) is 3.80. The van der Waals surface area contributed by atoms with E-state index in [-0.39, 0.29) is 5.91 Å². The average molecular weight is 357 g/mol. The van der Waals surface area contributed by atoms with Crippen molar-refractivity contribution in [1.29, 1.82) is 0 Å². The standard InChI is InChI=1S/C17H19N5O4/c1-16(2)9-17(6-7-26-16)15-19-20-21-22(15)12-8-10(14(24)25-3)4-5-11(12)13(23)18-17/h4-5,8H,6-7,9H2,1-3H3,(H,18,23)/t17-/m0/s1. The molecule has 9 nitrogen and oxygen atoms in total. The van der Waals surface area contributed by atoms with Crippen LogP contribution in [0.2, 0.25) is 0 Å². The lowest BCUT2D eigenvalue weighted by molar-refractivity contribution is -0.0894. The van der Waals surface area contributed by atoms with Crippen molar-refractivity contribution in [2.45, 2.75) is 37.8 Å². The number of hydrogen-bond donors (Lipinski definition) is 1. The van der Waals surface area contributed by atoms with Crippen molar-refractivity contribution in [1.82, 2.24) is 25.5 Å². The number of aromatic nitrogens is 4. The minimum Gasteiger partial charge on any atom is -0.465 e. The number of amides is 1. The molecule has 0 unspecified atom stereocenters. The number of nitrogens with one attached hydrogen (secondary N) is 1. The number of tetrazole rings is 1. The molecule has 1 fully saturated rings. The van der Waals surface area contributed by atoms with E-state index in [2.05, 4.69) is 20.8 Å². The maximum absolute atomic E-state index is 12.9. The first kappa shape index (κ1) is 16.6. The number of esters is 1. The molecule has 26 heavy (non-hydrogen) atoms. The topological polar surface area (TPSA) is 108 Å². The quantitative estimate of drug-likeness (QED) is 0.758. The Morgan fingerprint density at radius 2 is 2.19 bits per heavy atom. The van der Waals surface area contributed by atoms with Gasteiger partial charge in [0.1, 0.15) is 5.54 Å². The van der Waals surface area contributed by atoms with Gasteiger partial charge in [-0.2, -0.15) is 4.68 Å². The van der Waals surface area contributed by atoms with Gasteiger partial charge in [0, 0.05) is 19.4 Å². The van der Waals surface area contributed by atoms with Crippen LogP contribution in [0.5, 0.6) is 0 Å². The number of benzene rings is 1. The van der Waals surface area contributed by atoms with Gasteiger partial charge in [0.25, 0.3) is 5.91 Å². The van der Waals surface area contributed by atoms with Crippen LogP contribution >= 0.6 is 0 Å². The molecule has 0 bridgehead atoms. The Balaban J connectivity index is 1.90. The van der Waals surface area contributed by atoms with Crippen LogP contribution in [0.4, 0.5) is 0 Å². The Kier molecular flexibility index (Phi) is 3.58. The van der Waals surface area contributed by atoms with Crippen molar-refractivity contribution in [3.63, 3.8) is 0 Å². The molecule has 4 rings (SSSR count). The average Bonchev–Trinajstić information content (AvgIpc) is 3.07. The van der Waals surface area contributed by atoms with Crippen molar-refractivity contribution >= 4 is 11.9 Å². The Bertz CT molecular complexity index is 906. The molecule has 1 spiro atoms. The van der Waals surface area contributed by atoms with Gasteiger partial charge in [-0.25, -0.2) is 4.79 Å². The molecule has 0 radical (unpaired) electrons. The summed E-state index contributed by atoms with van der Waals surface area (Å²) in [5.41, 5.74) is -0.00861. The molecule has 3 heterocycles. The van der Waals surface area contributed by atoms with Gasteiger partial charge in [-0.3, -0.25) is 4.79 Å². The molecule has 1 aromatic carbocycles. The second-order valence-corrected chi connectivity index (χ2v) is 7.21. The van der Waals surface area contributed by atoms with E-state index in [1.165, 1.54) is 11.8 Å². The molecule has 0 aliphatic carbocycles. The zero-order valence-electron chi connectivity index (χ0n) is 14.8. The third kappa shape index (κ3) is 2.47. The first-order valence-corrected chi connectivity index (χ1v) is 8.33. The van der Waals surface area contributed by atoms with E-state index in [9.17, 15) is 9.59 Å². The molecular formula is C17H19N5O4. The van der Waals surface area contributed by atoms with E-state index in [4.69, 9.17) is 9.47 Å². The van der Waals surface area contributed by atoms with Crippen LogP contribution < -0.4 is 5.32 Å². The molecule has 1 N–H and O–H groups in total. The summed E-state index contributed by atoms with van der Waals surface area (Å²) >= 11 is 0. The minimum atomic E-state index is -0.743. The fraction of sp³-hybridized carbons (Fsp3) is 0.471. The van der Waals surface area contributed by atoms with Gasteiger partial charge in [-0.05, 0) is 42.5 Å². The molecule has 136 valence electrons. The van der Waals surface area contributed by atoms with Gasteiger partial charge < -0.3 is 14.8 Å². The van der Waals surface area contributed by atoms with Crippen LogP contribution in [0.15, 0.2) is 18.2 Å². The van der Waals surface area contributed by atoms with Crippen molar-refractivity contribution in [2.24, 2.45) is 0 Å².